The zero-order valence-electron chi connectivity index (χ0n) is 19.5. The molecule has 0 aliphatic heterocycles. The van der Waals surface area contributed by atoms with Crippen molar-refractivity contribution in [1.29, 1.82) is 0 Å². The van der Waals surface area contributed by atoms with Crippen LogP contribution in [-0.2, 0) is 16.2 Å². The Kier molecular flexibility index (Phi) is 17.8. The third-order valence-corrected chi connectivity index (χ3v) is 5.57. The number of nitrogens with zero attached hydrogens (tertiary/aromatic N) is 1. The second-order valence-corrected chi connectivity index (χ2v) is 8.43. The molecule has 0 saturated heterocycles. The molecule has 1 aromatic carbocycles. The largest absolute Gasteiger partial charge is 1.00 e. The Morgan fingerprint density at radius 3 is 1.76 bits per heavy atom. The van der Waals surface area contributed by atoms with Gasteiger partial charge in [0.05, 0.1) is 7.11 Å². The number of rotatable bonds is 18. The highest BCUT2D eigenvalue weighted by atomic mass is 35.5. The minimum absolute atomic E-state index is 0. The molecule has 0 aromatic heterocycles. The van der Waals surface area contributed by atoms with Crippen molar-refractivity contribution in [2.24, 2.45) is 0 Å². The number of halogens is 1. The van der Waals surface area contributed by atoms with Gasteiger partial charge in [-0.3, -0.25) is 0 Å². The summed E-state index contributed by atoms with van der Waals surface area (Å²) in [7, 11) is 3.71. The van der Waals surface area contributed by atoms with Crippen LogP contribution in [0.5, 0.6) is 0 Å². The first-order valence-electron chi connectivity index (χ1n) is 11.7. The van der Waals surface area contributed by atoms with Gasteiger partial charge in [-0.15, -0.1) is 0 Å². The number of hydrogen-bond donors (Lipinski definition) is 0. The molecule has 1 aromatic rings. The Morgan fingerprint density at radius 2 is 1.28 bits per heavy atom. The van der Waals surface area contributed by atoms with E-state index in [-0.39, 0.29) is 23.3 Å². The molecule has 0 aliphatic rings. The molecule has 0 aliphatic carbocycles. The van der Waals surface area contributed by atoms with Gasteiger partial charge in [0.1, 0.15) is 13.2 Å². The minimum atomic E-state index is 0. The first-order chi connectivity index (χ1) is 13.6. The summed E-state index contributed by atoms with van der Waals surface area (Å²) < 4.78 is 0. The Hall–Kier alpha value is -0.610. The maximum Gasteiger partial charge on any atom is 0.167 e. The molecule has 0 spiro atoms. The number of unbranched alkanes of at least 4 members (excludes halogenated alkanes) is 11. The predicted molar refractivity (Wildman–Crippen MR) is 120 cm³/mol. The van der Waals surface area contributed by atoms with Crippen LogP contribution < -0.4 is 12.4 Å². The molecule has 29 heavy (non-hydrogen) atoms. The standard InChI is InChI=1S/C25H46NO2.ClH/c1-5-6-7-8-9-10-11-12-13-14-15-17-20-24(2)28-26(3,27-4)23-25-21-18-16-19-22-25;/h16,18-19,21-22,24H,5-15,17,20,23H2,1-4H3;1H/q+1;/p-1. The lowest BCUT2D eigenvalue weighted by Crippen LogP contribution is -3.00. The molecule has 0 bridgehead atoms. The Balaban J connectivity index is 0.00000784. The zero-order chi connectivity index (χ0) is 20.5. The Morgan fingerprint density at radius 1 is 0.793 bits per heavy atom. The first-order valence-corrected chi connectivity index (χ1v) is 11.7. The molecule has 0 heterocycles. The molecule has 170 valence electrons. The highest BCUT2D eigenvalue weighted by molar-refractivity contribution is 5.13. The Labute approximate surface area is 187 Å². The van der Waals surface area contributed by atoms with Crippen LogP contribution in [0.2, 0.25) is 0 Å². The molecule has 0 N–H and O–H groups in total. The van der Waals surface area contributed by atoms with Crippen molar-refractivity contribution in [3.8, 4) is 0 Å². The van der Waals surface area contributed by atoms with Gasteiger partial charge in [-0.25, -0.2) is 0 Å². The lowest BCUT2D eigenvalue weighted by Gasteiger charge is -2.30. The van der Waals surface area contributed by atoms with Crippen LogP contribution in [0, 0.1) is 0 Å². The molecule has 0 radical (unpaired) electrons. The molecular formula is C25H46ClNO2. The molecular weight excluding hydrogens is 382 g/mol. The van der Waals surface area contributed by atoms with Crippen LogP contribution in [0.25, 0.3) is 0 Å². The van der Waals surface area contributed by atoms with Gasteiger partial charge in [0.15, 0.2) is 6.54 Å². The fourth-order valence-electron chi connectivity index (χ4n) is 3.77. The highest BCUT2D eigenvalue weighted by Crippen LogP contribution is 2.18. The topological polar surface area (TPSA) is 18.5 Å². The van der Waals surface area contributed by atoms with E-state index in [1.165, 1.54) is 82.6 Å². The van der Waals surface area contributed by atoms with Gasteiger partial charge in [-0.1, -0.05) is 114 Å². The van der Waals surface area contributed by atoms with Crippen molar-refractivity contribution in [2.75, 3.05) is 14.2 Å². The number of hydroxylamine groups is 4. The van der Waals surface area contributed by atoms with Gasteiger partial charge in [-0.05, 0) is 18.2 Å². The summed E-state index contributed by atoms with van der Waals surface area (Å²) in [5, 5.41) is 0. The lowest BCUT2D eigenvalue weighted by atomic mass is 10.0. The van der Waals surface area contributed by atoms with Gasteiger partial charge in [-0.2, -0.15) is 9.68 Å². The summed E-state index contributed by atoms with van der Waals surface area (Å²) >= 11 is 0. The average Bonchev–Trinajstić information content (AvgIpc) is 2.69. The van der Waals surface area contributed by atoms with Gasteiger partial charge >= 0.3 is 0 Å². The zero-order valence-corrected chi connectivity index (χ0v) is 20.3. The molecule has 0 amide bonds. The normalized spacial score (nSPS) is 14.2. The molecule has 4 heteroatoms. The average molecular weight is 428 g/mol. The van der Waals surface area contributed by atoms with Gasteiger partial charge < -0.3 is 12.4 Å². The predicted octanol–water partition coefficient (Wildman–Crippen LogP) is 4.61. The second kappa shape index (κ2) is 18.2. The van der Waals surface area contributed by atoms with Crippen LogP contribution in [-0.4, -0.2) is 25.1 Å². The van der Waals surface area contributed by atoms with Crippen LogP contribution in [0.4, 0.5) is 0 Å². The third kappa shape index (κ3) is 14.9. The summed E-state index contributed by atoms with van der Waals surface area (Å²) in [5.74, 6) is 0. The van der Waals surface area contributed by atoms with Crippen molar-refractivity contribution >= 4 is 0 Å². The molecule has 3 nitrogen and oxygen atoms in total. The van der Waals surface area contributed by atoms with E-state index >= 15 is 0 Å². The molecule has 0 fully saturated rings. The third-order valence-electron chi connectivity index (χ3n) is 5.57. The lowest BCUT2D eigenvalue weighted by molar-refractivity contribution is -1.24. The minimum Gasteiger partial charge on any atom is -1.00 e. The summed E-state index contributed by atoms with van der Waals surface area (Å²) in [6, 6.07) is 10.4. The van der Waals surface area contributed by atoms with Gasteiger partial charge in [0, 0.05) is 5.56 Å². The number of benzene rings is 1. The van der Waals surface area contributed by atoms with E-state index in [0.29, 0.717) is 0 Å². The SMILES string of the molecule is CCCCCCCCCCCCCCC(C)O[N+](C)(Cc1ccccc1)OC.[Cl-]. The van der Waals surface area contributed by atoms with Crippen molar-refractivity contribution in [3.05, 3.63) is 35.9 Å². The summed E-state index contributed by atoms with van der Waals surface area (Å²) in [6.07, 6.45) is 18.0. The summed E-state index contributed by atoms with van der Waals surface area (Å²) in [4.78, 5) is 12.0. The highest BCUT2D eigenvalue weighted by Gasteiger charge is 2.27. The molecule has 1 rings (SSSR count). The quantitative estimate of drug-likeness (QED) is 0.193. The van der Waals surface area contributed by atoms with E-state index in [2.05, 4.69) is 38.1 Å². The smallest absolute Gasteiger partial charge is 0.167 e. The fourth-order valence-corrected chi connectivity index (χ4v) is 3.77. The maximum absolute atomic E-state index is 6.21. The van der Waals surface area contributed by atoms with Crippen LogP contribution in [0.1, 0.15) is 103 Å². The summed E-state index contributed by atoms with van der Waals surface area (Å²) in [5.41, 5.74) is 1.23. The molecule has 2 atom stereocenters. The van der Waals surface area contributed by atoms with E-state index < -0.39 is 0 Å². The van der Waals surface area contributed by atoms with Crippen molar-refractivity contribution < 1.29 is 26.9 Å². The van der Waals surface area contributed by atoms with E-state index in [4.69, 9.17) is 9.68 Å². The number of quaternary nitrogens is 1. The fraction of sp³-hybridized carbons (Fsp3) is 0.760. The van der Waals surface area contributed by atoms with E-state index in [9.17, 15) is 0 Å². The van der Waals surface area contributed by atoms with E-state index in [1.54, 1.807) is 7.11 Å². The van der Waals surface area contributed by atoms with Crippen molar-refractivity contribution in [3.63, 3.8) is 0 Å². The second-order valence-electron chi connectivity index (χ2n) is 8.43. The molecule has 0 saturated carbocycles. The maximum atomic E-state index is 6.21. The first kappa shape index (κ1) is 28.4. The van der Waals surface area contributed by atoms with E-state index in [0.717, 1.165) is 13.0 Å². The van der Waals surface area contributed by atoms with Crippen molar-refractivity contribution in [2.45, 2.75) is 110 Å². The van der Waals surface area contributed by atoms with Crippen LogP contribution >= 0.6 is 0 Å². The van der Waals surface area contributed by atoms with Crippen LogP contribution in [0.15, 0.2) is 30.3 Å². The summed E-state index contributed by atoms with van der Waals surface area (Å²) in [6.45, 7) is 5.17. The van der Waals surface area contributed by atoms with E-state index in [1.807, 2.05) is 13.1 Å². The monoisotopic (exact) mass is 427 g/mol. The van der Waals surface area contributed by atoms with Crippen LogP contribution in [0.3, 0.4) is 0 Å². The number of hydrogen-bond acceptors (Lipinski definition) is 2. The molecule has 2 unspecified atom stereocenters. The van der Waals surface area contributed by atoms with Gasteiger partial charge in [0.2, 0.25) is 0 Å². The van der Waals surface area contributed by atoms with Crippen molar-refractivity contribution in [1.82, 2.24) is 0 Å². The van der Waals surface area contributed by atoms with Gasteiger partial charge in [0.25, 0.3) is 0 Å². The Bertz CT molecular complexity index is 471.